The molecule has 0 rings (SSSR count). The molecule has 0 fully saturated rings. The Hall–Kier alpha value is -1.81. The van der Waals surface area contributed by atoms with Gasteiger partial charge in [-0.25, -0.2) is 14.4 Å². The minimum atomic E-state index is -3.37. The number of aliphatic hydroxyl groups is 1. The molecule has 0 aromatic rings. The van der Waals surface area contributed by atoms with E-state index in [4.69, 9.17) is 15.3 Å². The average Bonchev–Trinajstić information content (AvgIpc) is 2.32. The van der Waals surface area contributed by atoms with Gasteiger partial charge in [0, 0.05) is 0 Å². The zero-order valence-electron chi connectivity index (χ0n) is 9.89. The van der Waals surface area contributed by atoms with Gasteiger partial charge < -0.3 is 25.2 Å². The van der Waals surface area contributed by atoms with Crippen LogP contribution in [-0.2, 0) is 23.9 Å². The van der Waals surface area contributed by atoms with E-state index in [2.05, 4.69) is 4.74 Å². The van der Waals surface area contributed by atoms with Crippen LogP contribution in [0.1, 0.15) is 6.92 Å². The molecular weight excluding hydrogens is 284 g/mol. The van der Waals surface area contributed by atoms with Gasteiger partial charge in [-0.1, -0.05) is 0 Å². The third-order valence-corrected chi connectivity index (χ3v) is 2.99. The van der Waals surface area contributed by atoms with Gasteiger partial charge in [0.05, 0.1) is 0 Å². The van der Waals surface area contributed by atoms with Crippen LogP contribution in [0.3, 0.4) is 0 Å². The van der Waals surface area contributed by atoms with E-state index in [0.717, 1.165) is 6.92 Å². The van der Waals surface area contributed by atoms with Gasteiger partial charge in [0.15, 0.2) is 0 Å². The summed E-state index contributed by atoms with van der Waals surface area (Å²) in [5.74, 6) is -9.34. The lowest BCUT2D eigenvalue weighted by Crippen LogP contribution is -2.56. The molecule has 108 valence electrons. The van der Waals surface area contributed by atoms with E-state index in [-0.39, 0.29) is 0 Å². The van der Waals surface area contributed by atoms with Crippen LogP contribution in [-0.4, -0.2) is 61.6 Å². The molecule has 0 spiro atoms. The van der Waals surface area contributed by atoms with Gasteiger partial charge in [-0.3, -0.25) is 4.79 Å². The smallest absolute Gasteiger partial charge is 0.355 e. The largest absolute Gasteiger partial charge is 0.481 e. The van der Waals surface area contributed by atoms with Gasteiger partial charge in [0.25, 0.3) is 5.60 Å². The lowest BCUT2D eigenvalue weighted by atomic mass is 9.89. The summed E-state index contributed by atoms with van der Waals surface area (Å²) >= 11 is 0.560. The maximum atomic E-state index is 11.5. The second kappa shape index (κ2) is 6.38. The molecular formula is C9H12O9S. The zero-order chi connectivity index (χ0) is 15.4. The number of hydrogen-bond donors (Lipinski definition) is 4. The Kier molecular flexibility index (Phi) is 5.78. The molecule has 0 aliphatic rings. The summed E-state index contributed by atoms with van der Waals surface area (Å²) < 4.78 is 4.29. The zero-order valence-corrected chi connectivity index (χ0v) is 10.7. The highest BCUT2D eigenvalue weighted by Crippen LogP contribution is 2.23. The summed E-state index contributed by atoms with van der Waals surface area (Å²) in [4.78, 5) is 43.7. The van der Waals surface area contributed by atoms with Crippen molar-refractivity contribution < 1.29 is 44.3 Å². The molecule has 0 aromatic heterocycles. The Morgan fingerprint density at radius 3 is 1.84 bits per heavy atom. The maximum Gasteiger partial charge on any atom is 0.355 e. The second-order valence-corrected chi connectivity index (χ2v) is 4.34. The summed E-state index contributed by atoms with van der Waals surface area (Å²) in [7, 11) is 0. The Balaban J connectivity index is 5.32. The fourth-order valence-electron chi connectivity index (χ4n) is 1.01. The van der Waals surface area contributed by atoms with Crippen molar-refractivity contribution in [2.45, 2.75) is 18.0 Å². The first kappa shape index (κ1) is 17.2. The van der Waals surface area contributed by atoms with Crippen molar-refractivity contribution in [2.75, 3.05) is 6.26 Å². The molecule has 3 unspecified atom stereocenters. The van der Waals surface area contributed by atoms with Crippen molar-refractivity contribution in [1.82, 2.24) is 0 Å². The van der Waals surface area contributed by atoms with Gasteiger partial charge in [-0.15, -0.1) is 11.8 Å². The lowest BCUT2D eigenvalue weighted by molar-refractivity contribution is -0.193. The normalized spacial score (nSPS) is 16.8. The van der Waals surface area contributed by atoms with Crippen molar-refractivity contribution in [3.8, 4) is 0 Å². The average molecular weight is 296 g/mol. The molecule has 4 N–H and O–H groups in total. The molecule has 0 saturated carbocycles. The van der Waals surface area contributed by atoms with Crippen LogP contribution < -0.4 is 0 Å². The van der Waals surface area contributed by atoms with E-state index in [1.165, 1.54) is 6.26 Å². The van der Waals surface area contributed by atoms with Gasteiger partial charge in [0.2, 0.25) is 5.44 Å². The first-order chi connectivity index (χ1) is 8.58. The second-order valence-electron chi connectivity index (χ2n) is 3.44. The summed E-state index contributed by atoms with van der Waals surface area (Å²) in [6.45, 7) is 0.784. The molecule has 19 heavy (non-hydrogen) atoms. The molecule has 0 aliphatic carbocycles. The Bertz CT molecular complexity index is 406. The molecule has 0 heterocycles. The SMILES string of the molecule is CSC(OC(=O)C(O)(C(=O)O)C(C)C(=O)O)C(=O)O. The quantitative estimate of drug-likeness (QED) is 0.256. The highest BCUT2D eigenvalue weighted by Gasteiger charge is 2.55. The van der Waals surface area contributed by atoms with Crippen LogP contribution in [0.4, 0.5) is 0 Å². The summed E-state index contributed by atoms with van der Waals surface area (Å²) in [5.41, 5.74) is -5.12. The number of carboxylic acid groups (broad SMARTS) is 3. The van der Waals surface area contributed by atoms with Crippen molar-refractivity contribution >= 4 is 35.6 Å². The Labute approximate surface area is 111 Å². The topological polar surface area (TPSA) is 158 Å². The first-order valence-electron chi connectivity index (χ1n) is 4.74. The first-order valence-corrected chi connectivity index (χ1v) is 6.03. The molecule has 3 atom stereocenters. The predicted molar refractivity (Wildman–Crippen MR) is 60.4 cm³/mol. The predicted octanol–water partition coefficient (Wildman–Crippen LogP) is -1.16. The fourth-order valence-corrected chi connectivity index (χ4v) is 1.40. The van der Waals surface area contributed by atoms with E-state index >= 15 is 0 Å². The number of thioether (sulfide) groups is 1. The number of aliphatic carboxylic acids is 3. The Morgan fingerprint density at radius 2 is 1.58 bits per heavy atom. The molecule has 0 saturated heterocycles. The Morgan fingerprint density at radius 1 is 1.11 bits per heavy atom. The van der Waals surface area contributed by atoms with Crippen molar-refractivity contribution in [3.63, 3.8) is 0 Å². The monoisotopic (exact) mass is 296 g/mol. The minimum absolute atomic E-state index is 0.560. The van der Waals surface area contributed by atoms with Crippen molar-refractivity contribution in [3.05, 3.63) is 0 Å². The van der Waals surface area contributed by atoms with Crippen LogP contribution in [0.25, 0.3) is 0 Å². The van der Waals surface area contributed by atoms with Crippen LogP contribution in [0.15, 0.2) is 0 Å². The van der Waals surface area contributed by atoms with Gasteiger partial charge in [-0.2, -0.15) is 0 Å². The maximum absolute atomic E-state index is 11.5. The van der Waals surface area contributed by atoms with E-state index in [0.29, 0.717) is 11.8 Å². The number of carboxylic acids is 3. The third kappa shape index (κ3) is 3.58. The molecule has 10 heteroatoms. The number of ether oxygens (including phenoxy) is 1. The fraction of sp³-hybridized carbons (Fsp3) is 0.556. The lowest BCUT2D eigenvalue weighted by Gasteiger charge is -2.26. The number of hydrogen-bond acceptors (Lipinski definition) is 7. The molecule has 0 aliphatic heterocycles. The minimum Gasteiger partial charge on any atom is -0.481 e. The van der Waals surface area contributed by atoms with E-state index in [1.807, 2.05) is 0 Å². The standard InChI is InChI=1S/C9H12O9S/c1-3(4(10)11)9(17,7(14)15)8(16)18-6(19-2)5(12)13/h3,6,17H,1-2H3,(H,10,11)(H,12,13)(H,14,15). The molecule has 0 aromatic carbocycles. The van der Waals surface area contributed by atoms with E-state index in [1.54, 1.807) is 0 Å². The summed E-state index contributed by atoms with van der Waals surface area (Å²) in [6.07, 6.45) is 1.27. The van der Waals surface area contributed by atoms with Gasteiger partial charge >= 0.3 is 23.9 Å². The van der Waals surface area contributed by atoms with Gasteiger partial charge in [0.1, 0.15) is 5.92 Å². The summed E-state index contributed by atoms with van der Waals surface area (Å²) in [6, 6.07) is 0. The molecule has 0 bridgehead atoms. The molecule has 0 radical (unpaired) electrons. The van der Waals surface area contributed by atoms with Crippen LogP contribution in [0, 0.1) is 5.92 Å². The summed E-state index contributed by atoms with van der Waals surface area (Å²) in [5, 5.41) is 35.7. The number of carbonyl (C=O) groups excluding carboxylic acids is 1. The van der Waals surface area contributed by atoms with Crippen LogP contribution >= 0.6 is 11.8 Å². The van der Waals surface area contributed by atoms with Crippen LogP contribution in [0.5, 0.6) is 0 Å². The third-order valence-electron chi connectivity index (χ3n) is 2.26. The highest BCUT2D eigenvalue weighted by atomic mass is 32.2. The highest BCUT2D eigenvalue weighted by molar-refractivity contribution is 7.99. The van der Waals surface area contributed by atoms with Crippen LogP contribution in [0.2, 0.25) is 0 Å². The van der Waals surface area contributed by atoms with Gasteiger partial charge in [-0.05, 0) is 13.2 Å². The van der Waals surface area contributed by atoms with E-state index < -0.39 is 40.8 Å². The number of rotatable bonds is 7. The molecule has 0 amide bonds. The van der Waals surface area contributed by atoms with Crippen molar-refractivity contribution in [2.24, 2.45) is 5.92 Å². The van der Waals surface area contributed by atoms with E-state index in [9.17, 15) is 24.3 Å². The molecule has 9 nitrogen and oxygen atoms in total. The number of carbonyl (C=O) groups is 4. The van der Waals surface area contributed by atoms with Crippen molar-refractivity contribution in [1.29, 1.82) is 0 Å². The number of esters is 1.